The molecule has 0 aliphatic carbocycles. The van der Waals surface area contributed by atoms with Crippen LogP contribution in [0.15, 0.2) is 54.6 Å². The third kappa shape index (κ3) is 5.21. The van der Waals surface area contributed by atoms with Crippen LogP contribution in [0.2, 0.25) is 5.02 Å². The van der Waals surface area contributed by atoms with Crippen LogP contribution in [0.4, 0.5) is 4.79 Å². The van der Waals surface area contributed by atoms with Gasteiger partial charge in [0.2, 0.25) is 0 Å². The van der Waals surface area contributed by atoms with Crippen LogP contribution in [0.25, 0.3) is 0 Å². The number of urea groups is 1. The highest BCUT2D eigenvalue weighted by molar-refractivity contribution is 6.30. The summed E-state index contributed by atoms with van der Waals surface area (Å²) in [4.78, 5) is 14.6. The lowest BCUT2D eigenvalue weighted by Gasteiger charge is -2.28. The molecular formula is C20H24ClN3O. The first-order chi connectivity index (χ1) is 12.2. The molecule has 0 bridgehead atoms. The molecule has 1 fully saturated rings. The number of carbonyl (C=O) groups excluding carboxylic acids is 1. The van der Waals surface area contributed by atoms with Gasteiger partial charge in [-0.1, -0.05) is 54.1 Å². The summed E-state index contributed by atoms with van der Waals surface area (Å²) >= 11 is 5.97. The first kappa shape index (κ1) is 17.8. The number of nitrogens with one attached hydrogen (secondary N) is 2. The molecule has 2 N–H and O–H groups in total. The lowest BCUT2D eigenvalue weighted by atomic mass is 10.1. The van der Waals surface area contributed by atoms with E-state index >= 15 is 0 Å². The number of likely N-dealkylation sites (tertiary alicyclic amines) is 1. The number of nitrogens with zero attached hydrogens (tertiary/aromatic N) is 1. The van der Waals surface area contributed by atoms with E-state index in [1.807, 2.05) is 30.3 Å². The standard InChI is InChI=1S/C20H24ClN3O/c21-18-10-6-7-16(13-18)14-22-20(25)23-15-19(24-11-4-5-12-24)17-8-2-1-3-9-17/h1-3,6-10,13,19H,4-5,11-12,14-15H2,(H2,22,23,25). The fraction of sp³-hybridized carbons (Fsp3) is 0.350. The van der Waals surface area contributed by atoms with Gasteiger partial charge in [0.1, 0.15) is 0 Å². The van der Waals surface area contributed by atoms with Crippen LogP contribution in [0.1, 0.15) is 30.0 Å². The molecule has 1 saturated heterocycles. The summed E-state index contributed by atoms with van der Waals surface area (Å²) in [6.45, 7) is 3.24. The van der Waals surface area contributed by atoms with Gasteiger partial charge < -0.3 is 10.6 Å². The molecule has 0 spiro atoms. The Bertz CT molecular complexity index is 686. The van der Waals surface area contributed by atoms with E-state index in [9.17, 15) is 4.79 Å². The van der Waals surface area contributed by atoms with E-state index in [-0.39, 0.29) is 12.1 Å². The highest BCUT2D eigenvalue weighted by Gasteiger charge is 2.23. The minimum absolute atomic E-state index is 0.153. The zero-order valence-corrected chi connectivity index (χ0v) is 15.0. The number of benzene rings is 2. The monoisotopic (exact) mass is 357 g/mol. The van der Waals surface area contributed by atoms with Crippen LogP contribution in [0.5, 0.6) is 0 Å². The first-order valence-corrected chi connectivity index (χ1v) is 9.15. The summed E-state index contributed by atoms with van der Waals surface area (Å²) in [5.74, 6) is 0. The second-order valence-electron chi connectivity index (χ2n) is 6.36. The van der Waals surface area contributed by atoms with E-state index in [2.05, 4.69) is 39.8 Å². The Labute approximate surface area is 154 Å². The summed E-state index contributed by atoms with van der Waals surface area (Å²) in [6, 6.07) is 18.0. The average molecular weight is 358 g/mol. The molecule has 132 valence electrons. The third-order valence-electron chi connectivity index (χ3n) is 4.56. The van der Waals surface area contributed by atoms with Crippen molar-refractivity contribution in [1.82, 2.24) is 15.5 Å². The fourth-order valence-corrected chi connectivity index (χ4v) is 3.48. The lowest BCUT2D eigenvalue weighted by molar-refractivity contribution is 0.220. The molecule has 1 unspecified atom stereocenters. The van der Waals surface area contributed by atoms with Crippen LogP contribution in [-0.2, 0) is 6.54 Å². The van der Waals surface area contributed by atoms with Crippen LogP contribution in [-0.4, -0.2) is 30.6 Å². The van der Waals surface area contributed by atoms with Gasteiger partial charge in [-0.05, 0) is 49.2 Å². The van der Waals surface area contributed by atoms with Crippen molar-refractivity contribution < 1.29 is 4.79 Å². The molecule has 1 atom stereocenters. The van der Waals surface area contributed by atoms with Crippen LogP contribution in [0.3, 0.4) is 0 Å². The van der Waals surface area contributed by atoms with Crippen molar-refractivity contribution in [3.05, 3.63) is 70.7 Å². The zero-order chi connectivity index (χ0) is 17.5. The number of carbonyl (C=O) groups is 1. The third-order valence-corrected chi connectivity index (χ3v) is 4.80. The van der Waals surface area contributed by atoms with Gasteiger partial charge in [0.15, 0.2) is 0 Å². The van der Waals surface area contributed by atoms with E-state index in [1.165, 1.54) is 18.4 Å². The molecule has 2 amide bonds. The number of hydrogen-bond donors (Lipinski definition) is 2. The van der Waals surface area contributed by atoms with Crippen molar-refractivity contribution in [2.75, 3.05) is 19.6 Å². The van der Waals surface area contributed by atoms with Gasteiger partial charge >= 0.3 is 6.03 Å². The van der Waals surface area contributed by atoms with Gasteiger partial charge in [0.05, 0.1) is 6.04 Å². The molecule has 25 heavy (non-hydrogen) atoms. The van der Waals surface area contributed by atoms with Crippen LogP contribution < -0.4 is 10.6 Å². The molecule has 5 heteroatoms. The molecule has 0 aromatic heterocycles. The predicted octanol–water partition coefficient (Wildman–Crippen LogP) is 3.98. The number of amides is 2. The molecule has 4 nitrogen and oxygen atoms in total. The van der Waals surface area contributed by atoms with E-state index < -0.39 is 0 Å². The van der Waals surface area contributed by atoms with Gasteiger partial charge in [0.25, 0.3) is 0 Å². The molecule has 1 heterocycles. The van der Waals surface area contributed by atoms with Crippen LogP contribution in [0, 0.1) is 0 Å². The van der Waals surface area contributed by atoms with E-state index in [4.69, 9.17) is 11.6 Å². The summed E-state index contributed by atoms with van der Waals surface area (Å²) < 4.78 is 0. The molecule has 1 aliphatic rings. The number of halogens is 1. The van der Waals surface area contributed by atoms with Crippen molar-refractivity contribution in [2.45, 2.75) is 25.4 Å². The quantitative estimate of drug-likeness (QED) is 0.821. The lowest BCUT2D eigenvalue weighted by Crippen LogP contribution is -2.41. The summed E-state index contributed by atoms with van der Waals surface area (Å²) in [5, 5.41) is 6.59. The van der Waals surface area contributed by atoms with Crippen molar-refractivity contribution in [3.8, 4) is 0 Å². The zero-order valence-electron chi connectivity index (χ0n) is 14.2. The number of hydrogen-bond acceptors (Lipinski definition) is 2. The predicted molar refractivity (Wildman–Crippen MR) is 102 cm³/mol. The van der Waals surface area contributed by atoms with Crippen molar-refractivity contribution in [3.63, 3.8) is 0 Å². The van der Waals surface area contributed by atoms with Crippen molar-refractivity contribution in [1.29, 1.82) is 0 Å². The molecular weight excluding hydrogens is 334 g/mol. The molecule has 0 saturated carbocycles. The average Bonchev–Trinajstić information content (AvgIpc) is 3.15. The first-order valence-electron chi connectivity index (χ1n) is 8.77. The number of rotatable bonds is 6. The summed E-state index contributed by atoms with van der Waals surface area (Å²) in [7, 11) is 0. The summed E-state index contributed by atoms with van der Waals surface area (Å²) in [6.07, 6.45) is 2.45. The highest BCUT2D eigenvalue weighted by Crippen LogP contribution is 2.24. The van der Waals surface area contributed by atoms with Gasteiger partial charge in [-0.15, -0.1) is 0 Å². The minimum Gasteiger partial charge on any atom is -0.336 e. The maximum atomic E-state index is 12.2. The van der Waals surface area contributed by atoms with Gasteiger partial charge in [0, 0.05) is 18.1 Å². The SMILES string of the molecule is O=C(NCc1cccc(Cl)c1)NCC(c1ccccc1)N1CCCC1. The Kier molecular flexibility index (Phi) is 6.31. The molecule has 1 aliphatic heterocycles. The topological polar surface area (TPSA) is 44.4 Å². The van der Waals surface area contributed by atoms with Crippen LogP contribution >= 0.6 is 11.6 Å². The fourth-order valence-electron chi connectivity index (χ4n) is 3.27. The highest BCUT2D eigenvalue weighted by atomic mass is 35.5. The smallest absolute Gasteiger partial charge is 0.315 e. The van der Waals surface area contributed by atoms with E-state index in [0.717, 1.165) is 18.7 Å². The van der Waals surface area contributed by atoms with E-state index in [1.54, 1.807) is 0 Å². The molecule has 2 aromatic carbocycles. The largest absolute Gasteiger partial charge is 0.336 e. The Morgan fingerprint density at radius 2 is 1.80 bits per heavy atom. The Morgan fingerprint density at radius 1 is 1.04 bits per heavy atom. The van der Waals surface area contributed by atoms with Crippen molar-refractivity contribution in [2.24, 2.45) is 0 Å². The van der Waals surface area contributed by atoms with E-state index in [0.29, 0.717) is 18.1 Å². The molecule has 2 aromatic rings. The van der Waals surface area contributed by atoms with Gasteiger partial charge in [-0.3, -0.25) is 4.90 Å². The van der Waals surface area contributed by atoms with Gasteiger partial charge in [-0.25, -0.2) is 4.79 Å². The van der Waals surface area contributed by atoms with Crippen molar-refractivity contribution >= 4 is 17.6 Å². The summed E-state index contributed by atoms with van der Waals surface area (Å²) in [5.41, 5.74) is 2.24. The second-order valence-corrected chi connectivity index (χ2v) is 6.80. The second kappa shape index (κ2) is 8.88. The molecule has 0 radical (unpaired) electrons. The molecule has 3 rings (SSSR count). The Morgan fingerprint density at radius 3 is 2.52 bits per heavy atom. The normalized spacial score (nSPS) is 15.7. The van der Waals surface area contributed by atoms with Gasteiger partial charge in [-0.2, -0.15) is 0 Å². The maximum Gasteiger partial charge on any atom is 0.315 e. The Balaban J connectivity index is 1.54. The minimum atomic E-state index is -0.153. The maximum absolute atomic E-state index is 12.2. The Hall–Kier alpha value is -2.04.